The molecule has 0 aliphatic heterocycles. The summed E-state index contributed by atoms with van der Waals surface area (Å²) in [5.74, 6) is -1.17. The van der Waals surface area contributed by atoms with E-state index in [1.807, 2.05) is 0 Å². The van der Waals surface area contributed by atoms with E-state index in [0.717, 1.165) is 29.5 Å². The quantitative estimate of drug-likeness (QED) is 0.644. The molecule has 3 rings (SSSR count). The molecule has 0 fully saturated rings. The van der Waals surface area contributed by atoms with Crippen LogP contribution in [-0.4, -0.2) is 24.3 Å². The van der Waals surface area contributed by atoms with Crippen LogP contribution in [0.15, 0.2) is 52.9 Å². The van der Waals surface area contributed by atoms with Crippen LogP contribution in [0.5, 0.6) is 0 Å². The summed E-state index contributed by atoms with van der Waals surface area (Å²) in [6, 6.07) is 8.90. The highest BCUT2D eigenvalue weighted by molar-refractivity contribution is 7.92. The lowest BCUT2D eigenvalue weighted by atomic mass is 10.1. The fourth-order valence-corrected chi connectivity index (χ4v) is 5.37. The summed E-state index contributed by atoms with van der Waals surface area (Å²) in [6.45, 7) is 1.45. The van der Waals surface area contributed by atoms with E-state index in [4.69, 9.17) is 0 Å². The van der Waals surface area contributed by atoms with Crippen LogP contribution in [0.2, 0.25) is 0 Å². The highest BCUT2D eigenvalue weighted by Gasteiger charge is 2.31. The molecule has 2 aromatic heterocycles. The van der Waals surface area contributed by atoms with Gasteiger partial charge in [-0.1, -0.05) is 35.6 Å². The minimum atomic E-state index is -4.57. The van der Waals surface area contributed by atoms with Gasteiger partial charge in [-0.2, -0.15) is 13.2 Å². The second kappa shape index (κ2) is 7.91. The van der Waals surface area contributed by atoms with E-state index in [2.05, 4.69) is 15.3 Å². The lowest BCUT2D eigenvalue weighted by molar-refractivity contribution is -0.137. The number of nitrogens with one attached hydrogen (secondary N) is 1. The number of nitrogens with zero attached hydrogens (tertiary/aromatic N) is 2. The van der Waals surface area contributed by atoms with Gasteiger partial charge >= 0.3 is 6.18 Å². The van der Waals surface area contributed by atoms with Crippen LogP contribution in [0.4, 0.5) is 18.3 Å². The van der Waals surface area contributed by atoms with Crippen molar-refractivity contribution in [3.63, 3.8) is 0 Å². The van der Waals surface area contributed by atoms with E-state index in [1.165, 1.54) is 25.3 Å². The standard InChI is InChI=1S/C18H14F3N3O3S2/c1-11-16(28-17(23-11)24-15(25)14-7-2-3-8-22-14)29(26,27)10-12-5-4-6-13(9-12)18(19,20)21/h2-9H,10H2,1H3,(H,23,24,25). The Bertz CT molecular complexity index is 1140. The smallest absolute Gasteiger partial charge is 0.296 e. The largest absolute Gasteiger partial charge is 0.416 e. The maximum Gasteiger partial charge on any atom is 0.416 e. The molecule has 0 unspecified atom stereocenters. The van der Waals surface area contributed by atoms with Crippen LogP contribution in [0, 0.1) is 6.92 Å². The number of hydrogen-bond acceptors (Lipinski definition) is 6. The molecule has 6 nitrogen and oxygen atoms in total. The van der Waals surface area contributed by atoms with Gasteiger partial charge in [0, 0.05) is 6.20 Å². The molecule has 0 saturated heterocycles. The van der Waals surface area contributed by atoms with Crippen LogP contribution in [0.1, 0.15) is 27.3 Å². The molecule has 0 bridgehead atoms. The van der Waals surface area contributed by atoms with Gasteiger partial charge in [-0.25, -0.2) is 13.4 Å². The number of carbonyl (C=O) groups excluding carboxylic acids is 1. The van der Waals surface area contributed by atoms with Gasteiger partial charge in [0.25, 0.3) is 5.91 Å². The predicted octanol–water partition coefficient (Wildman–Crippen LogP) is 4.09. The minimum Gasteiger partial charge on any atom is -0.296 e. The Labute approximate surface area is 168 Å². The van der Waals surface area contributed by atoms with Gasteiger partial charge in [0.2, 0.25) is 0 Å². The topological polar surface area (TPSA) is 89.0 Å². The van der Waals surface area contributed by atoms with Crippen molar-refractivity contribution in [2.75, 3.05) is 5.32 Å². The van der Waals surface area contributed by atoms with Gasteiger partial charge < -0.3 is 0 Å². The van der Waals surface area contributed by atoms with Gasteiger partial charge in [-0.05, 0) is 30.7 Å². The number of sulfone groups is 1. The van der Waals surface area contributed by atoms with E-state index in [1.54, 1.807) is 12.1 Å². The number of pyridine rings is 1. The van der Waals surface area contributed by atoms with Gasteiger partial charge in [-0.15, -0.1) is 0 Å². The molecule has 0 atom stereocenters. The van der Waals surface area contributed by atoms with Crippen molar-refractivity contribution >= 4 is 32.2 Å². The third-order valence-electron chi connectivity index (χ3n) is 3.77. The minimum absolute atomic E-state index is 0.00620. The Balaban J connectivity index is 1.82. The van der Waals surface area contributed by atoms with Gasteiger partial charge in [0.1, 0.15) is 9.90 Å². The molecular formula is C18H14F3N3O3S2. The zero-order chi connectivity index (χ0) is 21.2. The van der Waals surface area contributed by atoms with Crippen molar-refractivity contribution in [1.82, 2.24) is 9.97 Å². The maximum absolute atomic E-state index is 12.8. The highest BCUT2D eigenvalue weighted by atomic mass is 32.2. The first-order valence-corrected chi connectivity index (χ1v) is 10.6. The molecule has 152 valence electrons. The fraction of sp³-hybridized carbons (Fsp3) is 0.167. The number of halogens is 3. The summed E-state index contributed by atoms with van der Waals surface area (Å²) >= 11 is 0.737. The van der Waals surface area contributed by atoms with Crippen molar-refractivity contribution < 1.29 is 26.4 Å². The average Bonchev–Trinajstić information content (AvgIpc) is 3.03. The number of carbonyl (C=O) groups is 1. The summed E-state index contributed by atoms with van der Waals surface area (Å²) in [6.07, 6.45) is -3.13. The van der Waals surface area contributed by atoms with E-state index < -0.39 is 33.2 Å². The Morgan fingerprint density at radius 3 is 2.59 bits per heavy atom. The van der Waals surface area contributed by atoms with Crippen LogP contribution < -0.4 is 5.32 Å². The lowest BCUT2D eigenvalue weighted by Crippen LogP contribution is -2.13. The Morgan fingerprint density at radius 2 is 1.93 bits per heavy atom. The van der Waals surface area contributed by atoms with Crippen LogP contribution in [0.25, 0.3) is 0 Å². The molecular weight excluding hydrogens is 427 g/mol. The van der Waals surface area contributed by atoms with Gasteiger partial charge in [0.05, 0.1) is 17.0 Å². The maximum atomic E-state index is 12.8. The molecule has 0 saturated carbocycles. The van der Waals surface area contributed by atoms with E-state index in [-0.39, 0.29) is 26.3 Å². The first-order chi connectivity index (χ1) is 13.6. The molecule has 11 heteroatoms. The van der Waals surface area contributed by atoms with Gasteiger partial charge in [0.15, 0.2) is 15.0 Å². The van der Waals surface area contributed by atoms with Crippen LogP contribution in [-0.2, 0) is 21.8 Å². The summed E-state index contributed by atoms with van der Waals surface area (Å²) < 4.78 is 63.9. The number of aromatic nitrogens is 2. The van der Waals surface area contributed by atoms with Crippen molar-refractivity contribution in [1.29, 1.82) is 0 Å². The number of thiazole rings is 1. The van der Waals surface area contributed by atoms with Crippen molar-refractivity contribution in [3.05, 3.63) is 71.2 Å². The molecule has 0 aliphatic carbocycles. The number of rotatable bonds is 5. The Morgan fingerprint density at radius 1 is 1.17 bits per heavy atom. The Hall–Kier alpha value is -2.79. The molecule has 1 amide bonds. The number of amides is 1. The third kappa shape index (κ3) is 4.98. The lowest BCUT2D eigenvalue weighted by Gasteiger charge is -2.09. The van der Waals surface area contributed by atoms with Crippen molar-refractivity contribution in [2.45, 2.75) is 23.1 Å². The summed E-state index contributed by atoms with van der Waals surface area (Å²) in [4.78, 5) is 20.1. The molecule has 0 radical (unpaired) electrons. The second-order valence-electron chi connectivity index (χ2n) is 6.02. The number of hydrogen-bond donors (Lipinski definition) is 1. The van der Waals surface area contributed by atoms with E-state index in [0.29, 0.717) is 0 Å². The normalized spacial score (nSPS) is 12.0. The zero-order valence-corrected chi connectivity index (χ0v) is 16.5. The molecule has 0 spiro atoms. The zero-order valence-electron chi connectivity index (χ0n) is 14.9. The second-order valence-corrected chi connectivity index (χ2v) is 9.20. The highest BCUT2D eigenvalue weighted by Crippen LogP contribution is 2.32. The SMILES string of the molecule is Cc1nc(NC(=O)c2ccccn2)sc1S(=O)(=O)Cc1cccc(C(F)(F)F)c1. The van der Waals surface area contributed by atoms with Crippen LogP contribution >= 0.6 is 11.3 Å². The van der Waals surface area contributed by atoms with Gasteiger partial charge in [-0.3, -0.25) is 15.1 Å². The molecule has 2 heterocycles. The number of benzene rings is 1. The number of aryl methyl sites for hydroxylation is 1. The fourth-order valence-electron chi connectivity index (χ4n) is 2.51. The summed E-state index contributed by atoms with van der Waals surface area (Å²) in [5.41, 5.74) is -0.631. The number of alkyl halides is 3. The van der Waals surface area contributed by atoms with Crippen molar-refractivity contribution in [3.8, 4) is 0 Å². The molecule has 1 aromatic carbocycles. The van der Waals surface area contributed by atoms with Crippen LogP contribution in [0.3, 0.4) is 0 Å². The Kier molecular flexibility index (Phi) is 5.71. The first-order valence-electron chi connectivity index (χ1n) is 8.15. The third-order valence-corrected chi connectivity index (χ3v) is 7.22. The molecule has 3 aromatic rings. The van der Waals surface area contributed by atoms with Crippen molar-refractivity contribution in [2.24, 2.45) is 0 Å². The average molecular weight is 441 g/mol. The molecule has 1 N–H and O–H groups in total. The predicted molar refractivity (Wildman–Crippen MR) is 101 cm³/mol. The molecule has 29 heavy (non-hydrogen) atoms. The molecule has 0 aliphatic rings. The summed E-state index contributed by atoms with van der Waals surface area (Å²) in [5, 5.41) is 2.53. The first kappa shape index (κ1) is 20.9. The van der Waals surface area contributed by atoms with E-state index >= 15 is 0 Å². The summed E-state index contributed by atoms with van der Waals surface area (Å²) in [7, 11) is -3.96. The van der Waals surface area contributed by atoms with E-state index in [9.17, 15) is 26.4 Å². The monoisotopic (exact) mass is 441 g/mol. The number of anilines is 1.